The molecule has 0 aliphatic heterocycles. The summed E-state index contributed by atoms with van der Waals surface area (Å²) < 4.78 is 72.5. The molecule has 0 radical (unpaired) electrons. The Morgan fingerprint density at radius 1 is 0.933 bits per heavy atom. The van der Waals surface area contributed by atoms with Crippen molar-refractivity contribution in [3.05, 3.63) is 36.0 Å². The first-order chi connectivity index (χ1) is 6.62. The van der Waals surface area contributed by atoms with E-state index in [-0.39, 0.29) is 6.08 Å². The molecule has 15 heavy (non-hydrogen) atoms. The molecule has 0 aromatic heterocycles. The minimum absolute atomic E-state index is 0.0208. The Kier molecular flexibility index (Phi) is 4.18. The predicted octanol–water partition coefficient (Wildman–Crippen LogP) is 4.17. The Morgan fingerprint density at radius 2 is 1.33 bits per heavy atom. The number of halogens is 6. The van der Waals surface area contributed by atoms with Crippen LogP contribution in [0.15, 0.2) is 36.0 Å². The molecule has 0 amide bonds. The summed E-state index contributed by atoms with van der Waals surface area (Å²) in [5, 5.41) is 0. The maximum absolute atomic E-state index is 12.1. The third-order valence-electron chi connectivity index (χ3n) is 1.50. The number of alkyl halides is 6. The fourth-order valence-electron chi connectivity index (χ4n) is 0.753. The average Bonchev–Trinajstić information content (AvgIpc) is 2.01. The van der Waals surface area contributed by atoms with E-state index >= 15 is 0 Å². The molecule has 0 nitrogen and oxygen atoms in total. The molecule has 0 aliphatic carbocycles. The first-order valence-electron chi connectivity index (χ1n) is 3.77. The van der Waals surface area contributed by atoms with E-state index in [1.165, 1.54) is 0 Å². The van der Waals surface area contributed by atoms with Gasteiger partial charge in [0, 0.05) is 0 Å². The number of hydrogen-bond donors (Lipinski definition) is 0. The van der Waals surface area contributed by atoms with Crippen LogP contribution in [0.1, 0.15) is 6.92 Å². The van der Waals surface area contributed by atoms with Crippen molar-refractivity contribution < 1.29 is 26.3 Å². The number of allylic oxidation sites excluding steroid dienone is 5. The lowest BCUT2D eigenvalue weighted by Crippen LogP contribution is -2.14. The molecular weight excluding hydrogens is 222 g/mol. The lowest BCUT2D eigenvalue weighted by Gasteiger charge is -2.11. The van der Waals surface area contributed by atoms with Crippen LogP contribution in [0.3, 0.4) is 0 Å². The highest BCUT2D eigenvalue weighted by atomic mass is 19.4. The lowest BCUT2D eigenvalue weighted by atomic mass is 10.1. The second-order valence-corrected chi connectivity index (χ2v) is 2.54. The highest BCUT2D eigenvalue weighted by molar-refractivity contribution is 5.34. The van der Waals surface area contributed by atoms with Crippen LogP contribution in [-0.4, -0.2) is 12.4 Å². The fourth-order valence-corrected chi connectivity index (χ4v) is 0.753. The van der Waals surface area contributed by atoms with Gasteiger partial charge in [-0.25, -0.2) is 0 Å². The van der Waals surface area contributed by atoms with Gasteiger partial charge in [0.05, 0.1) is 11.1 Å². The van der Waals surface area contributed by atoms with Crippen molar-refractivity contribution in [2.75, 3.05) is 0 Å². The standard InChI is InChI=1S/C9H8F6/c1-3-6(8(10,11)12)5-7(4-2)9(13,14)15/h3-5H,1H2,2H3. The highest BCUT2D eigenvalue weighted by Gasteiger charge is 2.36. The highest BCUT2D eigenvalue weighted by Crippen LogP contribution is 2.32. The molecule has 0 aromatic rings. The zero-order valence-electron chi connectivity index (χ0n) is 7.71. The molecular formula is C9H8F6. The summed E-state index contributed by atoms with van der Waals surface area (Å²) in [7, 11) is 0. The molecule has 0 bridgehead atoms. The Bertz CT molecular complexity index is 289. The Labute approximate surface area is 82.6 Å². The van der Waals surface area contributed by atoms with Crippen molar-refractivity contribution >= 4 is 0 Å². The van der Waals surface area contributed by atoms with Crippen LogP contribution in [-0.2, 0) is 0 Å². The smallest absolute Gasteiger partial charge is 0.166 e. The Hall–Kier alpha value is -1.20. The molecule has 0 unspecified atom stereocenters. The van der Waals surface area contributed by atoms with Crippen molar-refractivity contribution in [1.82, 2.24) is 0 Å². The van der Waals surface area contributed by atoms with Crippen molar-refractivity contribution in [3.8, 4) is 0 Å². The fraction of sp³-hybridized carbons (Fsp3) is 0.333. The zero-order valence-corrected chi connectivity index (χ0v) is 7.71. The van der Waals surface area contributed by atoms with Gasteiger partial charge in [-0.3, -0.25) is 0 Å². The van der Waals surface area contributed by atoms with Crippen molar-refractivity contribution in [2.24, 2.45) is 0 Å². The molecule has 0 rings (SSSR count). The van der Waals surface area contributed by atoms with Crippen LogP contribution in [0, 0.1) is 0 Å². The van der Waals surface area contributed by atoms with Crippen molar-refractivity contribution in [1.29, 1.82) is 0 Å². The Morgan fingerprint density at radius 3 is 1.53 bits per heavy atom. The van der Waals surface area contributed by atoms with Gasteiger partial charge in [0.2, 0.25) is 0 Å². The molecule has 0 saturated heterocycles. The minimum Gasteiger partial charge on any atom is -0.166 e. The van der Waals surface area contributed by atoms with Crippen LogP contribution in [0.5, 0.6) is 0 Å². The third-order valence-corrected chi connectivity index (χ3v) is 1.50. The predicted molar refractivity (Wildman–Crippen MR) is 44.1 cm³/mol. The Balaban J connectivity index is 5.26. The van der Waals surface area contributed by atoms with Crippen LogP contribution < -0.4 is 0 Å². The second-order valence-electron chi connectivity index (χ2n) is 2.54. The molecule has 0 heterocycles. The summed E-state index contributed by atoms with van der Waals surface area (Å²) in [5.74, 6) is 0. The van der Waals surface area contributed by atoms with Gasteiger partial charge in [-0.15, -0.1) is 0 Å². The summed E-state index contributed by atoms with van der Waals surface area (Å²) in [6.07, 6.45) is -8.70. The van der Waals surface area contributed by atoms with Gasteiger partial charge in [-0.05, 0) is 13.0 Å². The molecule has 0 aliphatic rings. The summed E-state index contributed by atoms with van der Waals surface area (Å²) in [5.41, 5.74) is -2.78. The maximum atomic E-state index is 12.1. The van der Waals surface area contributed by atoms with E-state index in [1.807, 2.05) is 0 Å². The molecule has 0 spiro atoms. The van der Waals surface area contributed by atoms with E-state index < -0.39 is 23.5 Å². The van der Waals surface area contributed by atoms with Crippen molar-refractivity contribution in [2.45, 2.75) is 19.3 Å². The van der Waals surface area contributed by atoms with Gasteiger partial charge in [-0.1, -0.05) is 18.7 Å². The van der Waals surface area contributed by atoms with E-state index in [4.69, 9.17) is 0 Å². The third kappa shape index (κ3) is 4.22. The van der Waals surface area contributed by atoms with E-state index in [0.717, 1.165) is 6.92 Å². The first-order valence-corrected chi connectivity index (χ1v) is 3.77. The number of hydrogen-bond acceptors (Lipinski definition) is 0. The molecule has 0 atom stereocenters. The quantitative estimate of drug-likeness (QED) is 0.493. The molecule has 0 saturated carbocycles. The summed E-state index contributed by atoms with van der Waals surface area (Å²) in [6.45, 7) is 3.82. The molecule has 0 N–H and O–H groups in total. The SMILES string of the molecule is C=CC(=CC(=CC)C(F)(F)F)C(F)(F)F. The summed E-state index contributed by atoms with van der Waals surface area (Å²) in [4.78, 5) is 0. The van der Waals surface area contributed by atoms with E-state index in [1.54, 1.807) is 0 Å². The maximum Gasteiger partial charge on any atom is 0.416 e. The van der Waals surface area contributed by atoms with Gasteiger partial charge in [0.15, 0.2) is 0 Å². The molecule has 0 fully saturated rings. The van der Waals surface area contributed by atoms with Gasteiger partial charge >= 0.3 is 12.4 Å². The number of rotatable bonds is 2. The average molecular weight is 230 g/mol. The molecule has 0 aromatic carbocycles. The normalized spacial score (nSPS) is 15.4. The minimum atomic E-state index is -4.83. The molecule has 86 valence electrons. The van der Waals surface area contributed by atoms with Gasteiger partial charge in [0.1, 0.15) is 0 Å². The second kappa shape index (κ2) is 4.55. The van der Waals surface area contributed by atoms with Gasteiger partial charge in [-0.2, -0.15) is 26.3 Å². The zero-order chi connectivity index (χ0) is 12.3. The summed E-state index contributed by atoms with van der Waals surface area (Å²) >= 11 is 0. The van der Waals surface area contributed by atoms with Crippen LogP contribution >= 0.6 is 0 Å². The summed E-state index contributed by atoms with van der Waals surface area (Å²) in [6, 6.07) is 0. The first kappa shape index (κ1) is 13.8. The van der Waals surface area contributed by atoms with Gasteiger partial charge in [0.25, 0.3) is 0 Å². The van der Waals surface area contributed by atoms with Gasteiger partial charge < -0.3 is 0 Å². The topological polar surface area (TPSA) is 0 Å². The van der Waals surface area contributed by atoms with Crippen LogP contribution in [0.4, 0.5) is 26.3 Å². The van der Waals surface area contributed by atoms with Crippen LogP contribution in [0.25, 0.3) is 0 Å². The van der Waals surface area contributed by atoms with E-state index in [9.17, 15) is 26.3 Å². The van der Waals surface area contributed by atoms with Crippen LogP contribution in [0.2, 0.25) is 0 Å². The van der Waals surface area contributed by atoms with E-state index in [2.05, 4.69) is 6.58 Å². The molecule has 6 heteroatoms. The monoisotopic (exact) mass is 230 g/mol. The van der Waals surface area contributed by atoms with E-state index in [0.29, 0.717) is 12.2 Å². The van der Waals surface area contributed by atoms with Crippen molar-refractivity contribution in [3.63, 3.8) is 0 Å². The lowest BCUT2D eigenvalue weighted by molar-refractivity contribution is -0.0934. The largest absolute Gasteiger partial charge is 0.416 e.